The van der Waals surface area contributed by atoms with Gasteiger partial charge in [0.25, 0.3) is 0 Å². The van der Waals surface area contributed by atoms with Gasteiger partial charge in [0.2, 0.25) is 11.8 Å². The molecule has 10 nitrogen and oxygen atoms in total. The lowest BCUT2D eigenvalue weighted by molar-refractivity contribution is -0.385. The van der Waals surface area contributed by atoms with Crippen molar-refractivity contribution in [2.24, 2.45) is 11.8 Å². The third-order valence-electron chi connectivity index (χ3n) is 6.69. The Labute approximate surface area is 212 Å². The van der Waals surface area contributed by atoms with Crippen LogP contribution in [0.15, 0.2) is 42.5 Å². The number of hydrogen-bond acceptors (Lipinski definition) is 7. The molecule has 1 saturated carbocycles. The van der Waals surface area contributed by atoms with Gasteiger partial charge in [-0.3, -0.25) is 24.5 Å². The summed E-state index contributed by atoms with van der Waals surface area (Å²) in [7, 11) is 1.31. The van der Waals surface area contributed by atoms with E-state index in [1.165, 1.54) is 48.4 Å². The van der Waals surface area contributed by atoms with Crippen molar-refractivity contribution in [1.29, 1.82) is 0 Å². The number of amides is 2. The molecule has 0 bridgehead atoms. The zero-order valence-electron chi connectivity index (χ0n) is 20.5. The molecule has 2 aromatic carbocycles. The third kappa shape index (κ3) is 5.55. The van der Waals surface area contributed by atoms with E-state index in [1.54, 1.807) is 13.0 Å². The number of rotatable bonds is 9. The van der Waals surface area contributed by atoms with Crippen molar-refractivity contribution in [2.45, 2.75) is 44.8 Å². The predicted octanol–water partition coefficient (Wildman–Crippen LogP) is 3.29. The maximum Gasteiger partial charge on any atom is 0.311 e. The Kier molecular flexibility index (Phi) is 7.70. The number of esters is 1. The SMILES string of the molecule is CCOC(=O)C1CC(C(=O)NCc2ccc(F)cc2)N(C(=O)C2CC2)C1c1ccc(OC)c([N+](=O)[O-])c1. The van der Waals surface area contributed by atoms with Crippen LogP contribution in [0.25, 0.3) is 0 Å². The minimum atomic E-state index is -0.992. The number of halogens is 1. The van der Waals surface area contributed by atoms with Crippen LogP contribution in [0.1, 0.15) is 43.4 Å². The number of hydrogen-bond donors (Lipinski definition) is 1. The van der Waals surface area contributed by atoms with Crippen molar-refractivity contribution in [2.75, 3.05) is 13.7 Å². The molecule has 0 aromatic heterocycles. The second-order valence-electron chi connectivity index (χ2n) is 9.11. The van der Waals surface area contributed by atoms with Crippen LogP contribution in [0.5, 0.6) is 5.75 Å². The molecule has 2 aliphatic rings. The molecule has 2 amide bonds. The summed E-state index contributed by atoms with van der Waals surface area (Å²) in [5.74, 6) is -2.89. The number of nitrogens with zero attached hydrogens (tertiary/aromatic N) is 2. The summed E-state index contributed by atoms with van der Waals surface area (Å²) in [6, 6.07) is 7.98. The maximum atomic E-state index is 13.5. The van der Waals surface area contributed by atoms with E-state index in [0.29, 0.717) is 24.0 Å². The molecule has 0 spiro atoms. The van der Waals surface area contributed by atoms with E-state index in [2.05, 4.69) is 5.32 Å². The van der Waals surface area contributed by atoms with Crippen LogP contribution in [0.2, 0.25) is 0 Å². The van der Waals surface area contributed by atoms with Crippen LogP contribution in [0.3, 0.4) is 0 Å². The molecule has 3 unspecified atom stereocenters. The fraction of sp³-hybridized carbons (Fsp3) is 0.423. The molecule has 1 aliphatic carbocycles. The maximum absolute atomic E-state index is 13.5. The number of nitrogens with one attached hydrogen (secondary N) is 1. The minimum absolute atomic E-state index is 0.00294. The molecule has 37 heavy (non-hydrogen) atoms. The normalized spacial score (nSPS) is 20.8. The van der Waals surface area contributed by atoms with Crippen LogP contribution >= 0.6 is 0 Å². The molecular weight excluding hydrogens is 485 g/mol. The summed E-state index contributed by atoms with van der Waals surface area (Å²) >= 11 is 0. The van der Waals surface area contributed by atoms with E-state index in [1.807, 2.05) is 0 Å². The van der Waals surface area contributed by atoms with Gasteiger partial charge < -0.3 is 19.7 Å². The number of carbonyl (C=O) groups is 3. The standard InChI is InChI=1S/C26H28FN3O7/c1-3-37-26(33)19-13-21(24(31)28-14-15-4-9-18(27)10-5-15)29(25(32)16-6-7-16)23(19)17-8-11-22(36-2)20(12-17)30(34)35/h4-5,8-12,16,19,21,23H,3,6-7,13-14H2,1-2H3,(H,28,31). The molecule has 2 fully saturated rings. The number of nitro benzene ring substituents is 1. The molecule has 1 saturated heterocycles. The average Bonchev–Trinajstić information content (AvgIpc) is 3.66. The first-order valence-corrected chi connectivity index (χ1v) is 12.1. The highest BCUT2D eigenvalue weighted by Crippen LogP contribution is 2.47. The number of carbonyl (C=O) groups excluding carboxylic acids is 3. The zero-order chi connectivity index (χ0) is 26.7. The Morgan fingerprint density at radius 3 is 2.46 bits per heavy atom. The van der Waals surface area contributed by atoms with E-state index in [-0.39, 0.29) is 42.8 Å². The van der Waals surface area contributed by atoms with Crippen molar-refractivity contribution in [3.05, 3.63) is 69.5 Å². The van der Waals surface area contributed by atoms with Crippen molar-refractivity contribution < 1.29 is 33.2 Å². The highest BCUT2D eigenvalue weighted by molar-refractivity contribution is 5.92. The molecule has 1 aliphatic heterocycles. The van der Waals surface area contributed by atoms with E-state index in [4.69, 9.17) is 9.47 Å². The van der Waals surface area contributed by atoms with E-state index in [9.17, 15) is 28.9 Å². The number of nitro groups is 1. The number of ether oxygens (including phenoxy) is 2. The average molecular weight is 514 g/mol. The van der Waals surface area contributed by atoms with Gasteiger partial charge in [-0.25, -0.2) is 4.39 Å². The molecule has 3 atom stereocenters. The van der Waals surface area contributed by atoms with Gasteiger partial charge in [-0.15, -0.1) is 0 Å². The van der Waals surface area contributed by atoms with Crippen molar-refractivity contribution in [3.63, 3.8) is 0 Å². The molecule has 196 valence electrons. The molecular formula is C26H28FN3O7. The number of benzene rings is 2. The van der Waals surface area contributed by atoms with Gasteiger partial charge in [0, 0.05) is 18.5 Å². The first kappa shape index (κ1) is 26.1. The lowest BCUT2D eigenvalue weighted by Gasteiger charge is -2.31. The van der Waals surface area contributed by atoms with Crippen LogP contribution in [-0.2, 0) is 25.7 Å². The minimum Gasteiger partial charge on any atom is -0.490 e. The second-order valence-corrected chi connectivity index (χ2v) is 9.11. The summed E-state index contributed by atoms with van der Waals surface area (Å²) < 4.78 is 23.6. The van der Waals surface area contributed by atoms with Gasteiger partial charge in [-0.05, 0) is 55.5 Å². The monoisotopic (exact) mass is 513 g/mol. The largest absolute Gasteiger partial charge is 0.490 e. The van der Waals surface area contributed by atoms with Gasteiger partial charge in [0.15, 0.2) is 5.75 Å². The number of likely N-dealkylation sites (tertiary alicyclic amines) is 1. The summed E-state index contributed by atoms with van der Waals surface area (Å²) in [5, 5.41) is 14.5. The predicted molar refractivity (Wildman–Crippen MR) is 129 cm³/mol. The highest BCUT2D eigenvalue weighted by atomic mass is 19.1. The molecule has 0 radical (unpaired) electrons. The van der Waals surface area contributed by atoms with Crippen LogP contribution in [-0.4, -0.2) is 47.4 Å². The van der Waals surface area contributed by atoms with Gasteiger partial charge >= 0.3 is 11.7 Å². The fourth-order valence-corrected chi connectivity index (χ4v) is 4.75. The third-order valence-corrected chi connectivity index (χ3v) is 6.69. The number of methoxy groups -OCH3 is 1. The van der Waals surface area contributed by atoms with Crippen molar-refractivity contribution >= 4 is 23.5 Å². The van der Waals surface area contributed by atoms with Gasteiger partial charge in [-0.1, -0.05) is 18.2 Å². The first-order chi connectivity index (χ1) is 17.7. The zero-order valence-corrected chi connectivity index (χ0v) is 20.5. The molecule has 4 rings (SSSR count). The van der Waals surface area contributed by atoms with E-state index >= 15 is 0 Å². The van der Waals surface area contributed by atoms with E-state index < -0.39 is 40.6 Å². The molecule has 2 aromatic rings. The topological polar surface area (TPSA) is 128 Å². The Bertz CT molecular complexity index is 1200. The summed E-state index contributed by atoms with van der Waals surface area (Å²) in [6.07, 6.45) is 1.33. The second kappa shape index (κ2) is 10.9. The molecule has 11 heteroatoms. The molecule has 1 heterocycles. The van der Waals surface area contributed by atoms with Crippen LogP contribution < -0.4 is 10.1 Å². The lowest BCUT2D eigenvalue weighted by atomic mass is 9.92. The quantitative estimate of drug-likeness (QED) is 0.310. The summed E-state index contributed by atoms with van der Waals surface area (Å²) in [5.41, 5.74) is 0.691. The van der Waals surface area contributed by atoms with E-state index in [0.717, 1.165) is 0 Å². The fourth-order valence-electron chi connectivity index (χ4n) is 4.75. The Morgan fingerprint density at radius 2 is 1.86 bits per heavy atom. The molecule has 1 N–H and O–H groups in total. The van der Waals surface area contributed by atoms with Crippen molar-refractivity contribution in [1.82, 2.24) is 10.2 Å². The van der Waals surface area contributed by atoms with Gasteiger partial charge in [0.05, 0.1) is 30.6 Å². The Hall–Kier alpha value is -4.02. The van der Waals surface area contributed by atoms with Gasteiger partial charge in [-0.2, -0.15) is 0 Å². The van der Waals surface area contributed by atoms with Crippen LogP contribution in [0, 0.1) is 27.8 Å². The lowest BCUT2D eigenvalue weighted by Crippen LogP contribution is -2.47. The summed E-state index contributed by atoms with van der Waals surface area (Å²) in [4.78, 5) is 52.3. The first-order valence-electron chi connectivity index (χ1n) is 12.1. The summed E-state index contributed by atoms with van der Waals surface area (Å²) in [6.45, 7) is 1.85. The van der Waals surface area contributed by atoms with Gasteiger partial charge in [0.1, 0.15) is 11.9 Å². The van der Waals surface area contributed by atoms with Crippen LogP contribution in [0.4, 0.5) is 10.1 Å². The smallest absolute Gasteiger partial charge is 0.311 e. The van der Waals surface area contributed by atoms with Crippen molar-refractivity contribution in [3.8, 4) is 5.75 Å². The highest BCUT2D eigenvalue weighted by Gasteiger charge is 2.53. The Balaban J connectivity index is 1.70. The Morgan fingerprint density at radius 1 is 1.16 bits per heavy atom.